The Labute approximate surface area is 166 Å². The van der Waals surface area contributed by atoms with Gasteiger partial charge in [0.25, 0.3) is 0 Å². The maximum atomic E-state index is 6.92. The number of halogens is 2. The van der Waals surface area contributed by atoms with Crippen molar-refractivity contribution < 1.29 is 0 Å². The second-order valence-corrected chi connectivity index (χ2v) is 7.28. The van der Waals surface area contributed by atoms with Gasteiger partial charge >= 0.3 is 0 Å². The summed E-state index contributed by atoms with van der Waals surface area (Å²) in [7, 11) is 0. The molecule has 1 saturated carbocycles. The van der Waals surface area contributed by atoms with Crippen molar-refractivity contribution in [2.75, 3.05) is 0 Å². The predicted molar refractivity (Wildman–Crippen MR) is 112 cm³/mol. The fourth-order valence-electron chi connectivity index (χ4n) is 3.62. The quantitative estimate of drug-likeness (QED) is 0.405. The van der Waals surface area contributed by atoms with Crippen molar-refractivity contribution in [1.82, 2.24) is 4.42 Å². The summed E-state index contributed by atoms with van der Waals surface area (Å²) in [6.45, 7) is 2.05. The summed E-state index contributed by atoms with van der Waals surface area (Å²) in [4.78, 5) is 0. The number of rotatable bonds is 5. The van der Waals surface area contributed by atoms with Crippen LogP contribution in [-0.2, 0) is 0 Å². The molecule has 1 aliphatic rings. The Hall–Kier alpha value is -1.77. The molecule has 136 valence electrons. The minimum atomic E-state index is 0.336. The monoisotopic (exact) mass is 386 g/mol. The topological polar surface area (TPSA) is 15.6 Å². The van der Waals surface area contributed by atoms with E-state index in [1.54, 1.807) is 0 Å². The van der Waals surface area contributed by atoms with E-state index in [-0.39, 0.29) is 0 Å². The molecule has 0 radical (unpaired) electrons. The molecule has 2 aromatic rings. The van der Waals surface area contributed by atoms with Gasteiger partial charge in [-0.05, 0) is 25.3 Å². The normalized spacial score (nSPS) is 17.0. The fourth-order valence-corrected chi connectivity index (χ4v) is 4.27. The number of nitrogens with zero attached hydrogens (tertiary/aromatic N) is 2. The van der Waals surface area contributed by atoms with Crippen LogP contribution in [0.1, 0.15) is 50.2 Å². The first-order chi connectivity index (χ1) is 12.7. The van der Waals surface area contributed by atoms with E-state index in [4.69, 9.17) is 23.6 Å². The Balaban J connectivity index is 2.07. The molecule has 1 aliphatic carbocycles. The van der Waals surface area contributed by atoms with Crippen LogP contribution in [0, 0.1) is 0 Å². The summed E-state index contributed by atoms with van der Waals surface area (Å²) < 4.78 is 6.00. The lowest BCUT2D eigenvalue weighted by Gasteiger charge is -2.33. The molecule has 3 rings (SSSR count). The van der Waals surface area contributed by atoms with Crippen LogP contribution in [0.4, 0.5) is 0 Å². The molecule has 2 nitrogen and oxygen atoms in total. The molecular formula is C22H24Cl2N2. The van der Waals surface area contributed by atoms with Gasteiger partial charge in [-0.15, -0.1) is 0 Å². The Morgan fingerprint density at radius 3 is 1.96 bits per heavy atom. The van der Waals surface area contributed by atoms with E-state index in [1.807, 2.05) is 52.9 Å². The predicted octanol–water partition coefficient (Wildman–Crippen LogP) is 6.85. The summed E-state index contributed by atoms with van der Waals surface area (Å²) in [5.74, 6) is 0. The van der Waals surface area contributed by atoms with Gasteiger partial charge in [0.15, 0.2) is 0 Å². The first-order valence-corrected chi connectivity index (χ1v) is 9.86. The number of benzene rings is 2. The zero-order valence-electron chi connectivity index (χ0n) is 15.0. The fraction of sp³-hybridized carbons (Fsp3) is 0.318. The first kappa shape index (κ1) is 19.0. The van der Waals surface area contributed by atoms with Gasteiger partial charge in [-0.1, -0.05) is 79.9 Å². The molecule has 1 fully saturated rings. The van der Waals surface area contributed by atoms with Gasteiger partial charge in [0, 0.05) is 40.7 Å². The van der Waals surface area contributed by atoms with E-state index in [1.165, 1.54) is 19.3 Å². The van der Waals surface area contributed by atoms with Crippen LogP contribution in [0.2, 0.25) is 0 Å². The van der Waals surface area contributed by atoms with Crippen molar-refractivity contribution in [1.29, 1.82) is 0 Å². The van der Waals surface area contributed by atoms with Crippen LogP contribution in [0.25, 0.3) is 5.70 Å². The summed E-state index contributed by atoms with van der Waals surface area (Å²) in [6.07, 6.45) is 5.98. The third-order valence-electron chi connectivity index (χ3n) is 5.00. The molecule has 0 aromatic heterocycles. The summed E-state index contributed by atoms with van der Waals surface area (Å²) in [6, 6.07) is 20.6. The smallest absolute Gasteiger partial charge is 0.0899 e. The third-order valence-corrected chi connectivity index (χ3v) is 5.61. The first-order valence-electron chi connectivity index (χ1n) is 9.18. The van der Waals surface area contributed by atoms with Gasteiger partial charge in [-0.2, -0.15) is 4.51 Å². The highest BCUT2D eigenvalue weighted by Gasteiger charge is 2.25. The zero-order chi connectivity index (χ0) is 18.4. The molecule has 2 aromatic carbocycles. The van der Waals surface area contributed by atoms with Crippen molar-refractivity contribution >= 4 is 35.0 Å². The van der Waals surface area contributed by atoms with E-state index >= 15 is 0 Å². The SMILES string of the molecule is CC(/C(=N/Cl)c1ccccc1)=C(/c1ccccc1)N(Cl)C1CCCCC1. The van der Waals surface area contributed by atoms with Crippen molar-refractivity contribution in [3.05, 3.63) is 77.4 Å². The van der Waals surface area contributed by atoms with Gasteiger partial charge in [0.05, 0.1) is 11.4 Å². The van der Waals surface area contributed by atoms with Crippen molar-refractivity contribution in [3.8, 4) is 0 Å². The highest BCUT2D eigenvalue weighted by atomic mass is 35.5. The van der Waals surface area contributed by atoms with Crippen LogP contribution >= 0.6 is 23.6 Å². The molecule has 26 heavy (non-hydrogen) atoms. The average Bonchev–Trinajstić information content (AvgIpc) is 2.71. The van der Waals surface area contributed by atoms with Crippen LogP contribution < -0.4 is 0 Å². The zero-order valence-corrected chi connectivity index (χ0v) is 16.5. The van der Waals surface area contributed by atoms with Crippen LogP contribution in [0.5, 0.6) is 0 Å². The largest absolute Gasteiger partial charge is 0.281 e. The van der Waals surface area contributed by atoms with E-state index in [2.05, 4.69) is 23.6 Å². The van der Waals surface area contributed by atoms with Crippen molar-refractivity contribution in [2.24, 2.45) is 4.51 Å². The Kier molecular flexibility index (Phi) is 6.76. The van der Waals surface area contributed by atoms with E-state index in [0.29, 0.717) is 6.04 Å². The molecule has 0 saturated heterocycles. The number of hydrogen-bond donors (Lipinski definition) is 0. The minimum Gasteiger partial charge on any atom is -0.281 e. The van der Waals surface area contributed by atoms with Crippen molar-refractivity contribution in [3.63, 3.8) is 0 Å². The molecule has 0 heterocycles. The summed E-state index contributed by atoms with van der Waals surface area (Å²) in [5.41, 5.74) is 4.80. The maximum absolute atomic E-state index is 6.92. The second kappa shape index (κ2) is 9.25. The van der Waals surface area contributed by atoms with Gasteiger partial charge < -0.3 is 0 Å². The molecule has 0 N–H and O–H groups in total. The molecule has 0 atom stereocenters. The standard InChI is InChI=1S/C22H24Cl2N2/c1-17(21(25-23)18-11-5-2-6-12-18)22(19-13-7-3-8-14-19)26(24)20-15-9-4-10-16-20/h2-3,5-8,11-14,20H,4,9-10,15-16H2,1H3/b22-17+,25-21-. The van der Waals surface area contributed by atoms with Crippen LogP contribution in [-0.4, -0.2) is 16.2 Å². The van der Waals surface area contributed by atoms with E-state index < -0.39 is 0 Å². The molecule has 4 heteroatoms. The summed E-state index contributed by atoms with van der Waals surface area (Å²) in [5, 5.41) is 0. The Bertz CT molecular complexity index is 763. The molecular weight excluding hydrogens is 363 g/mol. The molecule has 0 unspecified atom stereocenters. The Morgan fingerprint density at radius 2 is 1.42 bits per heavy atom. The highest BCUT2D eigenvalue weighted by molar-refractivity contribution is 6.29. The Morgan fingerprint density at radius 1 is 0.885 bits per heavy atom. The lowest BCUT2D eigenvalue weighted by atomic mass is 9.93. The molecule has 0 spiro atoms. The van der Waals surface area contributed by atoms with Crippen LogP contribution in [0.3, 0.4) is 0 Å². The maximum Gasteiger partial charge on any atom is 0.0899 e. The van der Waals surface area contributed by atoms with Gasteiger partial charge in [0.1, 0.15) is 0 Å². The molecule has 0 amide bonds. The van der Waals surface area contributed by atoms with Crippen molar-refractivity contribution in [2.45, 2.75) is 45.1 Å². The highest BCUT2D eigenvalue weighted by Crippen LogP contribution is 2.34. The molecule has 0 bridgehead atoms. The lowest BCUT2D eigenvalue weighted by Crippen LogP contribution is -2.29. The van der Waals surface area contributed by atoms with Gasteiger partial charge in [-0.3, -0.25) is 4.42 Å². The lowest BCUT2D eigenvalue weighted by molar-refractivity contribution is 0.326. The van der Waals surface area contributed by atoms with Gasteiger partial charge in [0.2, 0.25) is 0 Å². The van der Waals surface area contributed by atoms with E-state index in [9.17, 15) is 0 Å². The minimum absolute atomic E-state index is 0.336. The second-order valence-electron chi connectivity index (χ2n) is 6.74. The van der Waals surface area contributed by atoms with Gasteiger partial charge in [-0.25, -0.2) is 0 Å². The van der Waals surface area contributed by atoms with Crippen LogP contribution in [0.15, 0.2) is 70.7 Å². The number of hydrogen-bond acceptors (Lipinski definition) is 2. The third kappa shape index (κ3) is 4.31. The number of allylic oxidation sites excluding steroid dienone is 1. The summed E-state index contributed by atoms with van der Waals surface area (Å²) >= 11 is 12.9. The average molecular weight is 387 g/mol. The molecule has 0 aliphatic heterocycles. The van der Waals surface area contributed by atoms with E-state index in [0.717, 1.165) is 41.0 Å².